The van der Waals surface area contributed by atoms with Gasteiger partial charge in [-0.2, -0.15) is 0 Å². The van der Waals surface area contributed by atoms with E-state index >= 15 is 0 Å². The number of aryl methyl sites for hydroxylation is 1. The molecule has 0 unspecified atom stereocenters. The average molecular weight is 489 g/mol. The molecule has 8 heteroatoms. The lowest BCUT2D eigenvalue weighted by molar-refractivity contribution is 0.400. The van der Waals surface area contributed by atoms with Gasteiger partial charge in [-0.3, -0.25) is 4.98 Å². The van der Waals surface area contributed by atoms with Crippen LogP contribution in [0.5, 0.6) is 0 Å². The Morgan fingerprint density at radius 3 is 2.31 bits per heavy atom. The van der Waals surface area contributed by atoms with Gasteiger partial charge in [0.25, 0.3) is 5.89 Å². The smallest absolute Gasteiger partial charge is 0.268 e. The summed E-state index contributed by atoms with van der Waals surface area (Å²) in [5.74, 6) is 0.835. The third kappa shape index (κ3) is 6.75. The molecule has 0 bridgehead atoms. The fourth-order valence-corrected chi connectivity index (χ4v) is 4.34. The summed E-state index contributed by atoms with van der Waals surface area (Å²) in [4.78, 5) is 12.7. The SMILES string of the molecule is Cc1ncc(-c2ccc(SC(C)C)cc2)nc1-c1nnc(-c2ccc(CNCCN(C)C)cc2)o1. The standard InChI is InChI=1S/C27H32N6OS/c1-18(2)35-23-12-10-21(11-13-23)24-17-29-19(3)25(30-24)27-32-31-26(34-27)22-8-6-20(7-9-22)16-28-14-15-33(4)5/h6-13,17-18,28H,14-16H2,1-5H3. The second kappa shape index (κ2) is 11.6. The molecule has 7 nitrogen and oxygen atoms in total. The number of benzene rings is 2. The van der Waals surface area contributed by atoms with Crippen molar-refractivity contribution in [2.75, 3.05) is 27.2 Å². The van der Waals surface area contributed by atoms with Crippen LogP contribution < -0.4 is 5.32 Å². The highest BCUT2D eigenvalue weighted by atomic mass is 32.2. The average Bonchev–Trinajstić information content (AvgIpc) is 3.33. The van der Waals surface area contributed by atoms with Crippen LogP contribution in [-0.2, 0) is 6.54 Å². The van der Waals surface area contributed by atoms with E-state index in [1.165, 1.54) is 10.5 Å². The molecule has 0 fully saturated rings. The molecular formula is C27H32N6OS. The van der Waals surface area contributed by atoms with Crippen LogP contribution in [0.2, 0.25) is 0 Å². The minimum atomic E-state index is 0.369. The number of hydrogen-bond donors (Lipinski definition) is 1. The zero-order valence-corrected chi connectivity index (χ0v) is 21.8. The van der Waals surface area contributed by atoms with E-state index < -0.39 is 0 Å². The van der Waals surface area contributed by atoms with Gasteiger partial charge in [-0.15, -0.1) is 22.0 Å². The minimum Gasteiger partial charge on any atom is -0.415 e. The fourth-order valence-electron chi connectivity index (χ4n) is 3.50. The second-order valence-corrected chi connectivity index (χ2v) is 10.6. The maximum Gasteiger partial charge on any atom is 0.268 e. The fraction of sp³-hybridized carbons (Fsp3) is 0.333. The van der Waals surface area contributed by atoms with Crippen LogP contribution in [0.1, 0.15) is 25.1 Å². The van der Waals surface area contributed by atoms with Crippen LogP contribution in [-0.4, -0.2) is 57.5 Å². The Bertz CT molecular complexity index is 1240. The summed E-state index contributed by atoms with van der Waals surface area (Å²) < 4.78 is 6.01. The van der Waals surface area contributed by atoms with Gasteiger partial charge in [-0.05, 0) is 50.8 Å². The van der Waals surface area contributed by atoms with E-state index in [1.54, 1.807) is 6.20 Å². The van der Waals surface area contributed by atoms with Crippen molar-refractivity contribution in [3.63, 3.8) is 0 Å². The quantitative estimate of drug-likeness (QED) is 0.237. The van der Waals surface area contributed by atoms with Crippen LogP contribution in [0, 0.1) is 6.92 Å². The van der Waals surface area contributed by atoms with Crippen LogP contribution in [0.15, 0.2) is 64.0 Å². The van der Waals surface area contributed by atoms with Crippen LogP contribution in [0.3, 0.4) is 0 Å². The first-order valence-corrected chi connectivity index (χ1v) is 12.7. The van der Waals surface area contributed by atoms with Crippen molar-refractivity contribution in [1.29, 1.82) is 0 Å². The van der Waals surface area contributed by atoms with E-state index in [9.17, 15) is 0 Å². The van der Waals surface area contributed by atoms with Gasteiger partial charge in [-0.25, -0.2) is 4.98 Å². The molecule has 182 valence electrons. The Morgan fingerprint density at radius 2 is 1.63 bits per heavy atom. The first-order chi connectivity index (χ1) is 16.9. The van der Waals surface area contributed by atoms with Gasteiger partial charge in [0.2, 0.25) is 5.89 Å². The van der Waals surface area contributed by atoms with Crippen LogP contribution >= 0.6 is 11.8 Å². The van der Waals surface area contributed by atoms with Gasteiger partial charge in [0, 0.05) is 40.9 Å². The van der Waals surface area contributed by atoms with E-state index in [4.69, 9.17) is 9.40 Å². The van der Waals surface area contributed by atoms with E-state index in [1.807, 2.05) is 30.8 Å². The Labute approximate surface area is 211 Å². The highest BCUT2D eigenvalue weighted by Crippen LogP contribution is 2.29. The molecule has 1 N–H and O–H groups in total. The van der Waals surface area contributed by atoms with E-state index in [0.29, 0.717) is 22.7 Å². The summed E-state index contributed by atoms with van der Waals surface area (Å²) >= 11 is 1.84. The molecule has 4 rings (SSSR count). The number of rotatable bonds is 10. The first-order valence-electron chi connectivity index (χ1n) is 11.8. The third-order valence-electron chi connectivity index (χ3n) is 5.37. The van der Waals surface area contributed by atoms with Crippen molar-refractivity contribution < 1.29 is 4.42 Å². The van der Waals surface area contributed by atoms with Gasteiger partial charge < -0.3 is 14.6 Å². The zero-order valence-electron chi connectivity index (χ0n) is 20.9. The van der Waals surface area contributed by atoms with Gasteiger partial charge in [-0.1, -0.05) is 38.1 Å². The summed E-state index contributed by atoms with van der Waals surface area (Å²) in [5, 5.41) is 12.5. The first kappa shape index (κ1) is 25.0. The van der Waals surface area contributed by atoms with E-state index in [2.05, 4.69) is 89.7 Å². The van der Waals surface area contributed by atoms with Crippen molar-refractivity contribution in [2.24, 2.45) is 0 Å². The molecule has 4 aromatic rings. The molecule has 0 saturated carbocycles. The third-order valence-corrected chi connectivity index (χ3v) is 6.39. The summed E-state index contributed by atoms with van der Waals surface area (Å²) in [6.07, 6.45) is 1.78. The van der Waals surface area contributed by atoms with Crippen molar-refractivity contribution >= 4 is 11.8 Å². The molecule has 0 aliphatic carbocycles. The summed E-state index contributed by atoms with van der Waals surface area (Å²) in [6.45, 7) is 9.05. The molecule has 2 aromatic heterocycles. The maximum atomic E-state index is 6.01. The molecule has 0 radical (unpaired) electrons. The largest absolute Gasteiger partial charge is 0.415 e. The molecule has 35 heavy (non-hydrogen) atoms. The van der Waals surface area contributed by atoms with Gasteiger partial charge in [0.05, 0.1) is 17.6 Å². The predicted molar refractivity (Wildman–Crippen MR) is 142 cm³/mol. The molecule has 0 amide bonds. The lowest BCUT2D eigenvalue weighted by atomic mass is 10.1. The molecule has 0 atom stereocenters. The summed E-state index contributed by atoms with van der Waals surface area (Å²) in [7, 11) is 4.14. The van der Waals surface area contributed by atoms with Crippen molar-refractivity contribution in [1.82, 2.24) is 30.4 Å². The maximum absolute atomic E-state index is 6.01. The highest BCUT2D eigenvalue weighted by molar-refractivity contribution is 7.99. The predicted octanol–water partition coefficient (Wildman–Crippen LogP) is 5.32. The number of nitrogens with zero attached hydrogens (tertiary/aromatic N) is 5. The van der Waals surface area contributed by atoms with Gasteiger partial charge >= 0.3 is 0 Å². The molecule has 2 aromatic carbocycles. The second-order valence-electron chi connectivity index (χ2n) is 8.97. The summed E-state index contributed by atoms with van der Waals surface area (Å²) in [5.41, 5.74) is 5.21. The van der Waals surface area contributed by atoms with Crippen LogP contribution in [0.4, 0.5) is 0 Å². The lowest BCUT2D eigenvalue weighted by Gasteiger charge is -2.10. The molecule has 2 heterocycles. The topological polar surface area (TPSA) is 80.0 Å². The number of hydrogen-bond acceptors (Lipinski definition) is 8. The number of nitrogens with one attached hydrogen (secondary N) is 1. The van der Waals surface area contributed by atoms with Crippen molar-refractivity contribution in [3.8, 4) is 34.3 Å². The van der Waals surface area contributed by atoms with Crippen LogP contribution in [0.25, 0.3) is 34.3 Å². The van der Waals surface area contributed by atoms with E-state index in [0.717, 1.165) is 42.1 Å². The molecule has 0 spiro atoms. The monoisotopic (exact) mass is 488 g/mol. The van der Waals surface area contributed by atoms with E-state index in [-0.39, 0.29) is 0 Å². The Kier molecular flexibility index (Phi) is 8.28. The number of aromatic nitrogens is 4. The Balaban J connectivity index is 1.48. The van der Waals surface area contributed by atoms with Crippen molar-refractivity contribution in [3.05, 3.63) is 66.0 Å². The molecule has 0 aliphatic heterocycles. The Morgan fingerprint density at radius 1 is 0.943 bits per heavy atom. The zero-order chi connectivity index (χ0) is 24.8. The van der Waals surface area contributed by atoms with Crippen molar-refractivity contribution in [2.45, 2.75) is 37.5 Å². The minimum absolute atomic E-state index is 0.369. The normalized spacial score (nSPS) is 11.5. The Hall–Kier alpha value is -3.07. The summed E-state index contributed by atoms with van der Waals surface area (Å²) in [6, 6.07) is 16.6. The lowest BCUT2D eigenvalue weighted by Crippen LogP contribution is -2.26. The van der Waals surface area contributed by atoms with Gasteiger partial charge in [0.1, 0.15) is 5.69 Å². The number of thioether (sulfide) groups is 1. The molecular weight excluding hydrogens is 456 g/mol. The number of likely N-dealkylation sites (N-methyl/N-ethyl adjacent to an activating group) is 1. The molecule has 0 saturated heterocycles. The highest BCUT2D eigenvalue weighted by Gasteiger charge is 2.16. The molecule has 0 aliphatic rings. The van der Waals surface area contributed by atoms with Gasteiger partial charge in [0.15, 0.2) is 0 Å².